The molecule has 0 unspecified atom stereocenters. The van der Waals surface area contributed by atoms with E-state index in [4.69, 9.17) is 5.73 Å². The molecule has 0 radical (unpaired) electrons. The fraction of sp³-hybridized carbons (Fsp3) is 0.933. The third-order valence-corrected chi connectivity index (χ3v) is 3.43. The first-order valence-electron chi connectivity index (χ1n) is 7.21. The summed E-state index contributed by atoms with van der Waals surface area (Å²) in [6.07, 6.45) is 1.98. The van der Waals surface area contributed by atoms with Gasteiger partial charge in [-0.05, 0) is 24.2 Å². The lowest BCUT2D eigenvalue weighted by Gasteiger charge is -2.37. The van der Waals surface area contributed by atoms with E-state index in [1.807, 2.05) is 25.7 Å². The van der Waals surface area contributed by atoms with Crippen molar-refractivity contribution in [2.75, 3.05) is 6.54 Å². The van der Waals surface area contributed by atoms with Crippen LogP contribution in [-0.2, 0) is 4.79 Å². The molecule has 0 bridgehead atoms. The van der Waals surface area contributed by atoms with Gasteiger partial charge in [0.15, 0.2) is 0 Å². The van der Waals surface area contributed by atoms with Crippen molar-refractivity contribution in [2.24, 2.45) is 17.1 Å². The first kappa shape index (κ1) is 17.4. The molecule has 0 heterocycles. The van der Waals surface area contributed by atoms with Gasteiger partial charge in [-0.25, -0.2) is 0 Å². The zero-order valence-corrected chi connectivity index (χ0v) is 13.3. The Morgan fingerprint density at radius 2 is 1.61 bits per heavy atom. The van der Waals surface area contributed by atoms with Crippen LogP contribution in [0.15, 0.2) is 0 Å². The van der Waals surface area contributed by atoms with Gasteiger partial charge in [0, 0.05) is 12.6 Å². The smallest absolute Gasteiger partial charge is 0.240 e. The van der Waals surface area contributed by atoms with Crippen molar-refractivity contribution in [2.45, 2.75) is 73.4 Å². The summed E-state index contributed by atoms with van der Waals surface area (Å²) in [5, 5.41) is 0. The Labute approximate surface area is 113 Å². The predicted octanol–water partition coefficient (Wildman–Crippen LogP) is 3.03. The molecule has 108 valence electrons. The Kier molecular flexibility index (Phi) is 6.90. The summed E-state index contributed by atoms with van der Waals surface area (Å²) in [5.41, 5.74) is 5.94. The third-order valence-electron chi connectivity index (χ3n) is 3.43. The van der Waals surface area contributed by atoms with E-state index in [1.165, 1.54) is 0 Å². The minimum Gasteiger partial charge on any atom is -0.338 e. The van der Waals surface area contributed by atoms with Crippen molar-refractivity contribution >= 4 is 5.91 Å². The quantitative estimate of drug-likeness (QED) is 0.794. The maximum Gasteiger partial charge on any atom is 0.240 e. The third kappa shape index (κ3) is 4.97. The van der Waals surface area contributed by atoms with Crippen LogP contribution in [0.1, 0.15) is 61.3 Å². The summed E-state index contributed by atoms with van der Waals surface area (Å²) in [5.74, 6) is 0.576. The van der Waals surface area contributed by atoms with Crippen LogP contribution in [0.3, 0.4) is 0 Å². The number of rotatable bonds is 6. The van der Waals surface area contributed by atoms with Crippen molar-refractivity contribution in [1.29, 1.82) is 0 Å². The van der Waals surface area contributed by atoms with Crippen LogP contribution in [0.4, 0.5) is 0 Å². The fourth-order valence-electron chi connectivity index (χ4n) is 2.09. The van der Waals surface area contributed by atoms with Crippen LogP contribution in [0.5, 0.6) is 0 Å². The van der Waals surface area contributed by atoms with Crippen molar-refractivity contribution < 1.29 is 4.79 Å². The molecule has 0 aliphatic heterocycles. The van der Waals surface area contributed by atoms with E-state index in [0.29, 0.717) is 12.0 Å². The van der Waals surface area contributed by atoms with E-state index in [1.54, 1.807) is 0 Å². The molecule has 2 N–H and O–H groups in total. The molecule has 0 aliphatic carbocycles. The molecule has 3 heteroatoms. The van der Waals surface area contributed by atoms with E-state index in [-0.39, 0.29) is 11.3 Å². The lowest BCUT2D eigenvalue weighted by atomic mass is 9.86. The highest BCUT2D eigenvalue weighted by molar-refractivity contribution is 5.82. The second-order valence-electron chi connectivity index (χ2n) is 6.70. The maximum absolute atomic E-state index is 12.6. The van der Waals surface area contributed by atoms with Gasteiger partial charge in [0.25, 0.3) is 0 Å². The molecule has 0 fully saturated rings. The standard InChI is InChI=1S/C15H32N2O/c1-8-12(9-2)17(10-11(3)4)14(18)13(16)15(5,6)7/h11-13H,8-10,16H2,1-7H3/t13-/m1/s1. The van der Waals surface area contributed by atoms with Gasteiger partial charge in [0.2, 0.25) is 5.91 Å². The molecule has 0 saturated heterocycles. The fourth-order valence-corrected chi connectivity index (χ4v) is 2.09. The van der Waals surface area contributed by atoms with Crippen LogP contribution >= 0.6 is 0 Å². The van der Waals surface area contributed by atoms with Gasteiger partial charge in [-0.1, -0.05) is 48.5 Å². The number of amides is 1. The first-order chi connectivity index (χ1) is 8.15. The Balaban J connectivity index is 5.01. The molecule has 0 rings (SSSR count). The Morgan fingerprint density at radius 3 is 1.89 bits per heavy atom. The van der Waals surface area contributed by atoms with Gasteiger partial charge in [-0.15, -0.1) is 0 Å². The van der Waals surface area contributed by atoms with E-state index in [9.17, 15) is 4.79 Å². The van der Waals surface area contributed by atoms with E-state index >= 15 is 0 Å². The number of nitrogens with two attached hydrogens (primary N) is 1. The SMILES string of the molecule is CCC(CC)N(CC(C)C)C(=O)[C@@H](N)C(C)(C)C. The summed E-state index contributed by atoms with van der Waals surface area (Å²) in [6, 6.07) is -0.106. The number of nitrogens with zero attached hydrogens (tertiary/aromatic N) is 1. The van der Waals surface area contributed by atoms with Gasteiger partial charge in [-0.3, -0.25) is 4.79 Å². The maximum atomic E-state index is 12.6. The number of carbonyl (C=O) groups excluding carboxylic acids is 1. The normalized spacial score (nSPS) is 14.1. The van der Waals surface area contributed by atoms with Crippen LogP contribution in [0, 0.1) is 11.3 Å². The monoisotopic (exact) mass is 256 g/mol. The van der Waals surface area contributed by atoms with Gasteiger partial charge in [0.1, 0.15) is 0 Å². The Bertz CT molecular complexity index is 252. The van der Waals surface area contributed by atoms with Crippen LogP contribution in [0.2, 0.25) is 0 Å². The zero-order chi connectivity index (χ0) is 14.5. The average Bonchev–Trinajstić information content (AvgIpc) is 2.25. The van der Waals surface area contributed by atoms with Crippen molar-refractivity contribution in [3.8, 4) is 0 Å². The van der Waals surface area contributed by atoms with Crippen LogP contribution in [-0.4, -0.2) is 29.4 Å². The Hall–Kier alpha value is -0.570. The van der Waals surface area contributed by atoms with E-state index in [0.717, 1.165) is 19.4 Å². The lowest BCUT2D eigenvalue weighted by molar-refractivity contribution is -0.138. The van der Waals surface area contributed by atoms with Crippen LogP contribution < -0.4 is 5.73 Å². The lowest BCUT2D eigenvalue weighted by Crippen LogP contribution is -2.54. The van der Waals surface area contributed by atoms with E-state index in [2.05, 4.69) is 27.7 Å². The van der Waals surface area contributed by atoms with Gasteiger partial charge < -0.3 is 10.6 Å². The molecular weight excluding hydrogens is 224 g/mol. The molecular formula is C15H32N2O. The molecule has 0 aromatic rings. The minimum atomic E-state index is -0.420. The highest BCUT2D eigenvalue weighted by Gasteiger charge is 2.33. The second kappa shape index (κ2) is 7.13. The predicted molar refractivity (Wildman–Crippen MR) is 78.4 cm³/mol. The number of hydrogen-bond acceptors (Lipinski definition) is 2. The molecule has 0 spiro atoms. The molecule has 3 nitrogen and oxygen atoms in total. The minimum absolute atomic E-state index is 0.102. The van der Waals surface area contributed by atoms with E-state index < -0.39 is 6.04 Å². The molecule has 1 amide bonds. The molecule has 1 atom stereocenters. The van der Waals surface area contributed by atoms with Crippen molar-refractivity contribution in [3.05, 3.63) is 0 Å². The highest BCUT2D eigenvalue weighted by Crippen LogP contribution is 2.22. The van der Waals surface area contributed by atoms with Gasteiger partial charge >= 0.3 is 0 Å². The largest absolute Gasteiger partial charge is 0.338 e. The van der Waals surface area contributed by atoms with Crippen LogP contribution in [0.25, 0.3) is 0 Å². The summed E-state index contributed by atoms with van der Waals surface area (Å²) >= 11 is 0. The van der Waals surface area contributed by atoms with Gasteiger partial charge in [0.05, 0.1) is 6.04 Å². The average molecular weight is 256 g/mol. The molecule has 0 saturated carbocycles. The number of carbonyl (C=O) groups is 1. The molecule has 0 aliphatic rings. The summed E-state index contributed by atoms with van der Waals surface area (Å²) in [7, 11) is 0. The number of hydrogen-bond donors (Lipinski definition) is 1. The second-order valence-corrected chi connectivity index (χ2v) is 6.70. The summed E-state index contributed by atoms with van der Waals surface area (Å²) in [6.45, 7) is 15.4. The van der Waals surface area contributed by atoms with Crippen molar-refractivity contribution in [1.82, 2.24) is 4.90 Å². The highest BCUT2D eigenvalue weighted by atomic mass is 16.2. The summed E-state index contributed by atoms with van der Waals surface area (Å²) < 4.78 is 0. The summed E-state index contributed by atoms with van der Waals surface area (Å²) in [4.78, 5) is 14.6. The van der Waals surface area contributed by atoms with Crippen molar-refractivity contribution in [3.63, 3.8) is 0 Å². The zero-order valence-electron chi connectivity index (χ0n) is 13.3. The molecule has 18 heavy (non-hydrogen) atoms. The first-order valence-corrected chi connectivity index (χ1v) is 7.21. The molecule has 0 aromatic carbocycles. The Morgan fingerprint density at radius 1 is 1.17 bits per heavy atom. The molecule has 0 aromatic heterocycles. The topological polar surface area (TPSA) is 46.3 Å². The van der Waals surface area contributed by atoms with Gasteiger partial charge in [-0.2, -0.15) is 0 Å².